The minimum Gasteiger partial charge on any atom is -0.491 e. The lowest BCUT2D eigenvalue weighted by atomic mass is 9.71. The highest BCUT2D eigenvalue weighted by Crippen LogP contribution is 2.41. The van der Waals surface area contributed by atoms with Crippen molar-refractivity contribution in [1.29, 1.82) is 0 Å². The average Bonchev–Trinajstić information content (AvgIpc) is 2.65. The van der Waals surface area contributed by atoms with Crippen LogP contribution in [0.5, 0.6) is 5.75 Å². The number of nitrogens with one attached hydrogen (secondary N) is 1. The number of hydrogen-bond donors (Lipinski definition) is 1. The van der Waals surface area contributed by atoms with Crippen LogP contribution >= 0.6 is 0 Å². The van der Waals surface area contributed by atoms with Gasteiger partial charge in [-0.05, 0) is 47.6 Å². The van der Waals surface area contributed by atoms with Crippen molar-refractivity contribution in [2.45, 2.75) is 38.1 Å². The van der Waals surface area contributed by atoms with Crippen LogP contribution in [-0.2, 0) is 10.2 Å². The monoisotopic (exact) mass is 353 g/mol. The number of benzene rings is 2. The van der Waals surface area contributed by atoms with Gasteiger partial charge in [-0.3, -0.25) is 4.79 Å². The molecule has 1 amide bonds. The van der Waals surface area contributed by atoms with E-state index in [4.69, 9.17) is 9.47 Å². The Balaban J connectivity index is 1.73. The van der Waals surface area contributed by atoms with Gasteiger partial charge >= 0.3 is 0 Å². The lowest BCUT2D eigenvalue weighted by Gasteiger charge is -2.37. The molecule has 0 spiro atoms. The van der Waals surface area contributed by atoms with E-state index in [0.717, 1.165) is 12.8 Å². The van der Waals surface area contributed by atoms with Crippen molar-refractivity contribution < 1.29 is 14.3 Å². The molecule has 1 unspecified atom stereocenters. The number of carbonyl (C=O) groups excluding carboxylic acids is 1. The molecule has 0 fully saturated rings. The molecule has 1 aliphatic rings. The topological polar surface area (TPSA) is 47.6 Å². The molecule has 4 nitrogen and oxygen atoms in total. The van der Waals surface area contributed by atoms with Gasteiger partial charge in [-0.15, -0.1) is 0 Å². The molecule has 1 N–H and O–H groups in total. The van der Waals surface area contributed by atoms with E-state index in [0.29, 0.717) is 24.5 Å². The van der Waals surface area contributed by atoms with Crippen molar-refractivity contribution in [3.05, 3.63) is 65.2 Å². The van der Waals surface area contributed by atoms with Crippen LogP contribution in [0.15, 0.2) is 48.5 Å². The number of fused-ring (bicyclic) bond motifs is 1. The van der Waals surface area contributed by atoms with Crippen molar-refractivity contribution >= 4 is 5.91 Å². The van der Waals surface area contributed by atoms with Crippen LogP contribution in [0.25, 0.3) is 0 Å². The van der Waals surface area contributed by atoms with Crippen LogP contribution in [0, 0.1) is 0 Å². The highest BCUT2D eigenvalue weighted by molar-refractivity contribution is 5.94. The molecule has 0 aromatic heterocycles. The Morgan fingerprint density at radius 2 is 1.96 bits per heavy atom. The van der Waals surface area contributed by atoms with Gasteiger partial charge < -0.3 is 14.8 Å². The van der Waals surface area contributed by atoms with Gasteiger partial charge in [0.15, 0.2) is 0 Å². The second-order valence-electron chi connectivity index (χ2n) is 7.40. The maximum absolute atomic E-state index is 12.8. The molecule has 26 heavy (non-hydrogen) atoms. The van der Waals surface area contributed by atoms with Crippen LogP contribution in [0.3, 0.4) is 0 Å². The summed E-state index contributed by atoms with van der Waals surface area (Å²) in [7, 11) is 1.64. The van der Waals surface area contributed by atoms with Crippen LogP contribution in [0.4, 0.5) is 0 Å². The van der Waals surface area contributed by atoms with Crippen molar-refractivity contribution in [1.82, 2.24) is 5.32 Å². The van der Waals surface area contributed by atoms with Crippen LogP contribution < -0.4 is 10.1 Å². The zero-order chi connectivity index (χ0) is 18.6. The molecule has 2 aromatic carbocycles. The van der Waals surface area contributed by atoms with Crippen LogP contribution in [0.2, 0.25) is 0 Å². The number of methoxy groups -OCH3 is 1. The molecule has 4 heteroatoms. The molecule has 3 rings (SSSR count). The Morgan fingerprint density at radius 1 is 1.15 bits per heavy atom. The zero-order valence-corrected chi connectivity index (χ0v) is 15.7. The summed E-state index contributed by atoms with van der Waals surface area (Å²) in [5.74, 6) is 0.613. The Bertz CT molecular complexity index is 769. The summed E-state index contributed by atoms with van der Waals surface area (Å²) in [6.45, 7) is 5.52. The van der Waals surface area contributed by atoms with Crippen LogP contribution in [-0.4, -0.2) is 26.2 Å². The summed E-state index contributed by atoms with van der Waals surface area (Å²) < 4.78 is 10.6. The highest BCUT2D eigenvalue weighted by Gasteiger charge is 2.32. The zero-order valence-electron chi connectivity index (χ0n) is 15.7. The fourth-order valence-electron chi connectivity index (χ4n) is 3.57. The van der Waals surface area contributed by atoms with Crippen molar-refractivity contribution in [2.75, 3.05) is 20.3 Å². The average molecular weight is 353 g/mol. The van der Waals surface area contributed by atoms with E-state index in [-0.39, 0.29) is 17.4 Å². The molecule has 0 bridgehead atoms. The van der Waals surface area contributed by atoms with Crippen molar-refractivity contribution in [3.8, 4) is 5.75 Å². The SMILES string of the molecule is COCCOc1cccc(C(=O)NC2CCC(C)(C)c3ccccc32)c1. The molecule has 0 saturated carbocycles. The molecular formula is C22H27NO3. The van der Waals surface area contributed by atoms with Gasteiger partial charge in [0.25, 0.3) is 5.91 Å². The molecule has 1 atom stereocenters. The standard InChI is InChI=1S/C22H27NO3/c1-22(2)12-11-20(18-9-4-5-10-19(18)22)23-21(24)16-7-6-8-17(15-16)26-14-13-25-3/h4-10,15,20H,11-14H2,1-3H3,(H,23,24). The third-order valence-corrected chi connectivity index (χ3v) is 5.08. The highest BCUT2D eigenvalue weighted by atomic mass is 16.5. The van der Waals surface area contributed by atoms with E-state index in [1.807, 2.05) is 24.3 Å². The van der Waals surface area contributed by atoms with E-state index < -0.39 is 0 Å². The summed E-state index contributed by atoms with van der Waals surface area (Å²) in [4.78, 5) is 12.8. The number of carbonyl (C=O) groups is 1. The molecule has 0 heterocycles. The first-order chi connectivity index (χ1) is 12.5. The first-order valence-corrected chi connectivity index (χ1v) is 9.13. The molecule has 1 aliphatic carbocycles. The van der Waals surface area contributed by atoms with E-state index >= 15 is 0 Å². The quantitative estimate of drug-likeness (QED) is 0.790. The Labute approximate surface area is 155 Å². The van der Waals surface area contributed by atoms with Gasteiger partial charge in [0.2, 0.25) is 0 Å². The van der Waals surface area contributed by atoms with E-state index in [2.05, 4.69) is 37.4 Å². The Hall–Kier alpha value is -2.33. The van der Waals surface area contributed by atoms with E-state index in [9.17, 15) is 4.79 Å². The summed E-state index contributed by atoms with van der Waals surface area (Å²) in [5.41, 5.74) is 3.31. The number of ether oxygens (including phenoxy) is 2. The predicted molar refractivity (Wildman–Crippen MR) is 103 cm³/mol. The van der Waals surface area contributed by atoms with Crippen molar-refractivity contribution in [2.24, 2.45) is 0 Å². The summed E-state index contributed by atoms with van der Waals surface area (Å²) in [5, 5.41) is 3.20. The molecular weight excluding hydrogens is 326 g/mol. The third kappa shape index (κ3) is 4.07. The second-order valence-corrected chi connectivity index (χ2v) is 7.40. The van der Waals surface area contributed by atoms with Gasteiger partial charge in [0.05, 0.1) is 12.6 Å². The minimum absolute atomic E-state index is 0.0461. The van der Waals surface area contributed by atoms with Crippen molar-refractivity contribution in [3.63, 3.8) is 0 Å². The number of rotatable bonds is 6. The van der Waals surface area contributed by atoms with Crippen LogP contribution in [0.1, 0.15) is 54.2 Å². The third-order valence-electron chi connectivity index (χ3n) is 5.08. The molecule has 0 radical (unpaired) electrons. The maximum atomic E-state index is 12.8. The first-order valence-electron chi connectivity index (χ1n) is 9.13. The minimum atomic E-state index is -0.0679. The van der Waals surface area contributed by atoms with Gasteiger partial charge in [-0.25, -0.2) is 0 Å². The normalized spacial score (nSPS) is 18.0. The largest absolute Gasteiger partial charge is 0.491 e. The fourth-order valence-corrected chi connectivity index (χ4v) is 3.57. The lowest BCUT2D eigenvalue weighted by molar-refractivity contribution is 0.0928. The molecule has 2 aromatic rings. The number of amides is 1. The smallest absolute Gasteiger partial charge is 0.251 e. The summed E-state index contributed by atoms with van der Waals surface area (Å²) in [6, 6.07) is 15.8. The molecule has 0 saturated heterocycles. The van der Waals surface area contributed by atoms with E-state index in [1.165, 1.54) is 11.1 Å². The Morgan fingerprint density at radius 3 is 2.77 bits per heavy atom. The fraction of sp³-hybridized carbons (Fsp3) is 0.409. The lowest BCUT2D eigenvalue weighted by Crippen LogP contribution is -2.35. The van der Waals surface area contributed by atoms with E-state index in [1.54, 1.807) is 13.2 Å². The predicted octanol–water partition coefficient (Wildman–Crippen LogP) is 4.25. The Kier molecular flexibility index (Phi) is 5.62. The maximum Gasteiger partial charge on any atom is 0.251 e. The van der Waals surface area contributed by atoms with Gasteiger partial charge in [-0.1, -0.05) is 44.2 Å². The number of hydrogen-bond acceptors (Lipinski definition) is 3. The van der Waals surface area contributed by atoms with Gasteiger partial charge in [-0.2, -0.15) is 0 Å². The second kappa shape index (κ2) is 7.92. The molecule has 0 aliphatic heterocycles. The van der Waals surface area contributed by atoms with Gasteiger partial charge in [0, 0.05) is 12.7 Å². The first kappa shape index (κ1) is 18.5. The summed E-state index contributed by atoms with van der Waals surface area (Å²) >= 11 is 0. The van der Waals surface area contributed by atoms with Gasteiger partial charge in [0.1, 0.15) is 12.4 Å². The molecule has 138 valence electrons. The summed E-state index contributed by atoms with van der Waals surface area (Å²) in [6.07, 6.45) is 1.99.